The van der Waals surface area contributed by atoms with Gasteiger partial charge in [-0.1, -0.05) is 12.1 Å². The predicted molar refractivity (Wildman–Crippen MR) is 64.4 cm³/mol. The van der Waals surface area contributed by atoms with E-state index in [1.807, 2.05) is 52.7 Å². The van der Waals surface area contributed by atoms with Crippen molar-refractivity contribution in [3.63, 3.8) is 0 Å². The summed E-state index contributed by atoms with van der Waals surface area (Å²) >= 11 is 3.67. The zero-order valence-electron chi connectivity index (χ0n) is 8.18. The van der Waals surface area contributed by atoms with Gasteiger partial charge in [0.15, 0.2) is 0 Å². The minimum Gasteiger partial charge on any atom is -0.325 e. The third-order valence-electron chi connectivity index (χ3n) is 2.79. The summed E-state index contributed by atoms with van der Waals surface area (Å²) in [5, 5.41) is 0. The highest BCUT2D eigenvalue weighted by Gasteiger charge is 2.33. The molecule has 1 atom stereocenters. The zero-order chi connectivity index (χ0) is 10.3. The Hall–Kier alpha value is -0.610. The van der Waals surface area contributed by atoms with Crippen LogP contribution in [0.25, 0.3) is 0 Å². The fourth-order valence-electron chi connectivity index (χ4n) is 1.95. The first kappa shape index (κ1) is 9.60. The van der Waals surface area contributed by atoms with Crippen molar-refractivity contribution in [1.29, 1.82) is 0 Å². The van der Waals surface area contributed by atoms with Crippen LogP contribution < -0.4 is 0 Å². The van der Waals surface area contributed by atoms with Gasteiger partial charge in [0.1, 0.15) is 0 Å². The number of hydrogen-bond donors (Lipinski definition) is 0. The van der Waals surface area contributed by atoms with Crippen LogP contribution in [0.5, 0.6) is 0 Å². The van der Waals surface area contributed by atoms with Gasteiger partial charge in [0.2, 0.25) is 0 Å². The SMILES string of the molecule is O=C1c2ccccc2SC[C@@H]2CSCN12. The van der Waals surface area contributed by atoms with E-state index >= 15 is 0 Å². The molecular weight excluding hydrogens is 226 g/mol. The Morgan fingerprint density at radius 1 is 1.27 bits per heavy atom. The maximum absolute atomic E-state index is 12.2. The lowest BCUT2D eigenvalue weighted by Crippen LogP contribution is -2.36. The lowest BCUT2D eigenvalue weighted by Gasteiger charge is -2.20. The number of amides is 1. The Kier molecular flexibility index (Phi) is 2.41. The lowest BCUT2D eigenvalue weighted by atomic mass is 10.2. The molecule has 1 fully saturated rings. The Morgan fingerprint density at radius 2 is 2.13 bits per heavy atom. The molecular formula is C11H11NOS2. The Bertz CT molecular complexity index is 407. The molecule has 2 aliphatic rings. The zero-order valence-corrected chi connectivity index (χ0v) is 9.81. The fraction of sp³-hybridized carbons (Fsp3) is 0.364. The summed E-state index contributed by atoms with van der Waals surface area (Å²) in [7, 11) is 0. The van der Waals surface area contributed by atoms with E-state index in [0.717, 1.165) is 27.8 Å². The maximum atomic E-state index is 12.2. The number of carbonyl (C=O) groups is 1. The van der Waals surface area contributed by atoms with Crippen molar-refractivity contribution in [2.75, 3.05) is 17.4 Å². The molecule has 0 aliphatic carbocycles. The van der Waals surface area contributed by atoms with Gasteiger partial charge in [0, 0.05) is 16.4 Å². The Balaban J connectivity index is 2.04. The molecule has 0 saturated carbocycles. The lowest BCUT2D eigenvalue weighted by molar-refractivity contribution is 0.0760. The highest BCUT2D eigenvalue weighted by Crippen LogP contribution is 2.34. The van der Waals surface area contributed by atoms with Gasteiger partial charge in [-0.15, -0.1) is 23.5 Å². The van der Waals surface area contributed by atoms with Gasteiger partial charge in [-0.25, -0.2) is 0 Å². The van der Waals surface area contributed by atoms with Crippen molar-refractivity contribution in [3.05, 3.63) is 29.8 Å². The maximum Gasteiger partial charge on any atom is 0.255 e. The van der Waals surface area contributed by atoms with Crippen molar-refractivity contribution < 1.29 is 4.79 Å². The molecule has 2 nitrogen and oxygen atoms in total. The molecule has 0 aromatic heterocycles. The highest BCUT2D eigenvalue weighted by molar-refractivity contribution is 8.00. The summed E-state index contributed by atoms with van der Waals surface area (Å²) in [6.45, 7) is 0. The van der Waals surface area contributed by atoms with E-state index in [4.69, 9.17) is 0 Å². The average molecular weight is 237 g/mol. The summed E-state index contributed by atoms with van der Waals surface area (Å²) in [6.07, 6.45) is 0. The van der Waals surface area contributed by atoms with Crippen LogP contribution in [0.2, 0.25) is 0 Å². The number of benzene rings is 1. The molecule has 0 spiro atoms. The second-order valence-corrected chi connectivity index (χ2v) is 5.80. The van der Waals surface area contributed by atoms with Crippen LogP contribution in [0, 0.1) is 0 Å². The number of rotatable bonds is 0. The van der Waals surface area contributed by atoms with Crippen LogP contribution in [0.3, 0.4) is 0 Å². The molecule has 1 amide bonds. The molecule has 2 aliphatic heterocycles. The number of hydrogen-bond acceptors (Lipinski definition) is 3. The predicted octanol–water partition coefficient (Wildman–Crippen LogP) is 2.31. The molecule has 1 aromatic rings. The first-order chi connectivity index (χ1) is 7.36. The van der Waals surface area contributed by atoms with Crippen molar-refractivity contribution in [3.8, 4) is 0 Å². The van der Waals surface area contributed by atoms with E-state index < -0.39 is 0 Å². The molecule has 4 heteroatoms. The Morgan fingerprint density at radius 3 is 3.07 bits per heavy atom. The van der Waals surface area contributed by atoms with Crippen LogP contribution in [0.1, 0.15) is 10.4 Å². The second kappa shape index (κ2) is 3.76. The topological polar surface area (TPSA) is 20.3 Å². The van der Waals surface area contributed by atoms with Gasteiger partial charge in [0.25, 0.3) is 5.91 Å². The van der Waals surface area contributed by atoms with Crippen molar-refractivity contribution in [1.82, 2.24) is 4.90 Å². The van der Waals surface area contributed by atoms with Crippen LogP contribution in [0.15, 0.2) is 29.2 Å². The standard InChI is InChI=1S/C11H11NOS2/c13-11-9-3-1-2-4-10(9)15-6-8-5-14-7-12(8)11/h1-4,8H,5-7H2/t8-/m0/s1. The van der Waals surface area contributed by atoms with E-state index in [0.29, 0.717) is 6.04 Å². The summed E-state index contributed by atoms with van der Waals surface area (Å²) in [5.41, 5.74) is 0.882. The molecule has 78 valence electrons. The van der Waals surface area contributed by atoms with Gasteiger partial charge >= 0.3 is 0 Å². The summed E-state index contributed by atoms with van der Waals surface area (Å²) < 4.78 is 0. The first-order valence-electron chi connectivity index (χ1n) is 4.97. The van der Waals surface area contributed by atoms with Crippen LogP contribution in [0.4, 0.5) is 0 Å². The summed E-state index contributed by atoms with van der Waals surface area (Å²) in [4.78, 5) is 15.4. The third kappa shape index (κ3) is 1.56. The normalized spacial score (nSPS) is 24.7. The first-order valence-corrected chi connectivity index (χ1v) is 7.11. The number of carbonyl (C=O) groups excluding carboxylic acids is 1. The molecule has 0 radical (unpaired) electrons. The number of nitrogens with zero attached hydrogens (tertiary/aromatic N) is 1. The Labute approximate surface area is 97.4 Å². The minimum absolute atomic E-state index is 0.214. The molecule has 0 N–H and O–H groups in total. The van der Waals surface area contributed by atoms with E-state index in [2.05, 4.69) is 0 Å². The van der Waals surface area contributed by atoms with Gasteiger partial charge in [-0.05, 0) is 12.1 Å². The molecule has 3 rings (SSSR count). The number of thioether (sulfide) groups is 2. The van der Waals surface area contributed by atoms with E-state index in [9.17, 15) is 4.79 Å². The number of fused-ring (bicyclic) bond motifs is 2. The third-order valence-corrected chi connectivity index (χ3v) is 5.09. The van der Waals surface area contributed by atoms with Crippen LogP contribution in [-0.4, -0.2) is 34.2 Å². The van der Waals surface area contributed by atoms with Crippen LogP contribution >= 0.6 is 23.5 Å². The monoisotopic (exact) mass is 237 g/mol. The van der Waals surface area contributed by atoms with Crippen LogP contribution in [-0.2, 0) is 0 Å². The van der Waals surface area contributed by atoms with E-state index in [-0.39, 0.29) is 5.91 Å². The quantitative estimate of drug-likeness (QED) is 0.690. The molecule has 0 bridgehead atoms. The van der Waals surface area contributed by atoms with Gasteiger partial charge < -0.3 is 4.90 Å². The summed E-state index contributed by atoms with van der Waals surface area (Å²) in [5.74, 6) is 3.20. The molecule has 15 heavy (non-hydrogen) atoms. The van der Waals surface area contributed by atoms with E-state index in [1.54, 1.807) is 0 Å². The van der Waals surface area contributed by atoms with Gasteiger partial charge in [-0.2, -0.15) is 0 Å². The van der Waals surface area contributed by atoms with Gasteiger partial charge in [-0.3, -0.25) is 4.79 Å². The minimum atomic E-state index is 0.214. The van der Waals surface area contributed by atoms with Gasteiger partial charge in [0.05, 0.1) is 17.5 Å². The molecule has 0 unspecified atom stereocenters. The second-order valence-electron chi connectivity index (χ2n) is 3.74. The average Bonchev–Trinajstić information content (AvgIpc) is 2.69. The smallest absolute Gasteiger partial charge is 0.255 e. The molecule has 2 heterocycles. The highest BCUT2D eigenvalue weighted by atomic mass is 32.2. The summed E-state index contributed by atoms with van der Waals surface area (Å²) in [6, 6.07) is 8.37. The fourth-order valence-corrected chi connectivity index (χ4v) is 4.46. The molecule has 1 aromatic carbocycles. The van der Waals surface area contributed by atoms with E-state index in [1.165, 1.54) is 0 Å². The largest absolute Gasteiger partial charge is 0.325 e. The van der Waals surface area contributed by atoms with Crippen molar-refractivity contribution >= 4 is 29.4 Å². The van der Waals surface area contributed by atoms with Crippen molar-refractivity contribution in [2.45, 2.75) is 10.9 Å². The molecule has 1 saturated heterocycles. The van der Waals surface area contributed by atoms with Crippen molar-refractivity contribution in [2.24, 2.45) is 0 Å².